The average Bonchev–Trinajstić information content (AvgIpc) is 2.89. The summed E-state index contributed by atoms with van der Waals surface area (Å²) in [4.78, 5) is 4.11. The molecule has 0 saturated heterocycles. The summed E-state index contributed by atoms with van der Waals surface area (Å²) in [5.74, 6) is -1.35. The highest BCUT2D eigenvalue weighted by atomic mass is 19.4. The number of nitrogens with one attached hydrogen (secondary N) is 1. The number of aromatic nitrogens is 2. The van der Waals surface area contributed by atoms with Crippen molar-refractivity contribution in [1.82, 2.24) is 9.55 Å². The Kier molecular flexibility index (Phi) is 5.63. The fraction of sp³-hybridized carbons (Fsp3) is 0.632. The second kappa shape index (κ2) is 7.51. The third-order valence-corrected chi connectivity index (χ3v) is 5.65. The first kappa shape index (κ1) is 22.5. The Bertz CT molecular complexity index is 921. The molecule has 1 saturated carbocycles. The van der Waals surface area contributed by atoms with Crippen molar-refractivity contribution in [2.75, 3.05) is 5.32 Å². The van der Waals surface area contributed by atoms with E-state index in [1.807, 2.05) is 6.92 Å². The first-order chi connectivity index (χ1) is 13.7. The van der Waals surface area contributed by atoms with Crippen molar-refractivity contribution in [2.24, 2.45) is 5.41 Å². The van der Waals surface area contributed by atoms with Gasteiger partial charge in [0.05, 0.1) is 10.9 Å². The Morgan fingerprint density at radius 2 is 1.90 bits per heavy atom. The van der Waals surface area contributed by atoms with E-state index in [2.05, 4.69) is 15.0 Å². The van der Waals surface area contributed by atoms with Crippen molar-refractivity contribution in [3.8, 4) is 5.75 Å². The van der Waals surface area contributed by atoms with Gasteiger partial charge in [-0.25, -0.2) is 9.37 Å². The number of aliphatic hydroxyl groups excluding tert-OH is 1. The summed E-state index contributed by atoms with van der Waals surface area (Å²) in [7, 11) is 0. The molecule has 1 fully saturated rings. The van der Waals surface area contributed by atoms with Crippen LogP contribution in [-0.2, 0) is 5.54 Å². The van der Waals surface area contributed by atoms with Crippen LogP contribution in [0, 0.1) is 11.2 Å². The van der Waals surface area contributed by atoms with E-state index in [1.165, 1.54) is 10.6 Å². The predicted molar refractivity (Wildman–Crippen MR) is 97.9 cm³/mol. The number of hydrogen-bond acceptors (Lipinski definition) is 4. The second-order valence-corrected chi connectivity index (χ2v) is 8.52. The smallest absolute Gasteiger partial charge is 0.394 e. The van der Waals surface area contributed by atoms with E-state index >= 15 is 0 Å². The lowest BCUT2D eigenvalue weighted by Gasteiger charge is -2.41. The maximum atomic E-state index is 14.5. The van der Waals surface area contributed by atoms with Crippen LogP contribution in [0.25, 0.3) is 11.0 Å². The summed E-state index contributed by atoms with van der Waals surface area (Å²) < 4.78 is 85.0. The van der Waals surface area contributed by atoms with Gasteiger partial charge >= 0.3 is 12.8 Å². The van der Waals surface area contributed by atoms with Gasteiger partial charge in [0.2, 0.25) is 5.95 Å². The first-order valence-corrected chi connectivity index (χ1v) is 9.42. The van der Waals surface area contributed by atoms with Crippen LogP contribution in [0.3, 0.4) is 0 Å². The summed E-state index contributed by atoms with van der Waals surface area (Å²) in [6, 6.07) is 1.97. The molecular weight excluding hydrogens is 416 g/mol. The summed E-state index contributed by atoms with van der Waals surface area (Å²) in [6.45, 7) is 0.609. The van der Waals surface area contributed by atoms with Crippen LogP contribution in [0.4, 0.5) is 32.3 Å². The number of fused-ring (bicyclic) bond motifs is 1. The first-order valence-electron chi connectivity index (χ1n) is 9.42. The van der Waals surface area contributed by atoms with E-state index in [0.29, 0.717) is 12.8 Å². The molecular formula is C19H23F6N3O2. The van der Waals surface area contributed by atoms with E-state index in [4.69, 9.17) is 0 Å². The molecule has 0 aliphatic heterocycles. The molecule has 0 amide bonds. The molecule has 1 aromatic carbocycles. The Morgan fingerprint density at radius 1 is 1.27 bits per heavy atom. The minimum atomic E-state index is -4.54. The topological polar surface area (TPSA) is 59.3 Å². The molecule has 0 spiro atoms. The van der Waals surface area contributed by atoms with Gasteiger partial charge in [0, 0.05) is 24.1 Å². The van der Waals surface area contributed by atoms with Gasteiger partial charge < -0.3 is 19.7 Å². The Labute approximate surface area is 169 Å². The maximum Gasteiger partial charge on any atom is 0.394 e. The van der Waals surface area contributed by atoms with Gasteiger partial charge in [-0.05, 0) is 26.2 Å². The molecule has 30 heavy (non-hydrogen) atoms. The molecule has 0 bridgehead atoms. The normalized spacial score (nSPS) is 17.8. The molecule has 1 aliphatic rings. The number of alkyl halides is 5. The fourth-order valence-corrected chi connectivity index (χ4v) is 3.64. The van der Waals surface area contributed by atoms with Gasteiger partial charge in [-0.1, -0.05) is 13.8 Å². The molecule has 2 N–H and O–H groups in total. The summed E-state index contributed by atoms with van der Waals surface area (Å²) in [5, 5.41) is 12.8. The zero-order valence-corrected chi connectivity index (χ0v) is 16.7. The van der Waals surface area contributed by atoms with Crippen molar-refractivity contribution in [2.45, 2.75) is 71.0 Å². The van der Waals surface area contributed by atoms with Gasteiger partial charge in [-0.2, -0.15) is 22.0 Å². The number of ether oxygens (including phenoxy) is 1. The lowest BCUT2D eigenvalue weighted by atomic mass is 9.78. The Balaban J connectivity index is 2.02. The molecule has 168 valence electrons. The van der Waals surface area contributed by atoms with Gasteiger partial charge in [0.15, 0.2) is 5.82 Å². The third kappa shape index (κ3) is 4.17. The maximum absolute atomic E-state index is 14.5. The van der Waals surface area contributed by atoms with Crippen LogP contribution >= 0.6 is 0 Å². The summed E-state index contributed by atoms with van der Waals surface area (Å²) in [6.07, 6.45) is -4.64. The molecule has 0 radical (unpaired) electrons. The quantitative estimate of drug-likeness (QED) is 0.449. The third-order valence-electron chi connectivity index (χ3n) is 5.65. The molecule has 11 heteroatoms. The van der Waals surface area contributed by atoms with Crippen LogP contribution in [0.5, 0.6) is 5.75 Å². The number of hydrogen-bond donors (Lipinski definition) is 2. The molecule has 2 aromatic rings. The van der Waals surface area contributed by atoms with E-state index in [1.54, 1.807) is 0 Å². The highest BCUT2D eigenvalue weighted by molar-refractivity contribution is 5.81. The summed E-state index contributed by atoms with van der Waals surface area (Å²) in [5.41, 5.74) is -2.75. The average molecular weight is 439 g/mol. The SMILES string of the molecule is CC1(n2c(NC(O)CC(C)(C)C(F)(F)F)nc3c(F)cc(OC(F)F)cc32)CCC1. The molecule has 1 aromatic heterocycles. The van der Waals surface area contributed by atoms with E-state index in [-0.39, 0.29) is 17.0 Å². The lowest BCUT2D eigenvalue weighted by Crippen LogP contribution is -2.40. The van der Waals surface area contributed by atoms with Crippen molar-refractivity contribution in [1.29, 1.82) is 0 Å². The second-order valence-electron chi connectivity index (χ2n) is 8.52. The zero-order valence-electron chi connectivity index (χ0n) is 16.7. The Hall–Kier alpha value is -2.17. The number of rotatable bonds is 7. The van der Waals surface area contributed by atoms with E-state index in [0.717, 1.165) is 26.3 Å². The van der Waals surface area contributed by atoms with E-state index < -0.39 is 48.0 Å². The lowest BCUT2D eigenvalue weighted by molar-refractivity contribution is -0.218. The standard InChI is InChI=1S/C19H23F6N3O2/c1-17(2,19(23,24)25)9-13(29)26-16-27-14-11(20)7-10(30-15(21)22)8-12(14)28(16)18(3)5-4-6-18/h7-8,13,15,29H,4-6,9H2,1-3H3,(H,26,27). The van der Waals surface area contributed by atoms with Crippen molar-refractivity contribution >= 4 is 17.0 Å². The zero-order chi connectivity index (χ0) is 22.5. The van der Waals surface area contributed by atoms with Gasteiger partial charge in [0.25, 0.3) is 0 Å². The monoisotopic (exact) mass is 439 g/mol. The van der Waals surface area contributed by atoms with Crippen LogP contribution in [0.2, 0.25) is 0 Å². The molecule has 1 atom stereocenters. The highest BCUT2D eigenvalue weighted by Gasteiger charge is 2.48. The van der Waals surface area contributed by atoms with Gasteiger partial charge in [-0.3, -0.25) is 0 Å². The minimum absolute atomic E-state index is 0.0363. The largest absolute Gasteiger partial charge is 0.435 e. The van der Waals surface area contributed by atoms with Crippen molar-refractivity contribution in [3.63, 3.8) is 0 Å². The van der Waals surface area contributed by atoms with Crippen molar-refractivity contribution < 1.29 is 36.2 Å². The van der Waals surface area contributed by atoms with E-state index in [9.17, 15) is 31.4 Å². The van der Waals surface area contributed by atoms with Crippen LogP contribution < -0.4 is 10.1 Å². The molecule has 1 heterocycles. The number of halogens is 6. The van der Waals surface area contributed by atoms with Gasteiger partial charge in [-0.15, -0.1) is 0 Å². The predicted octanol–water partition coefficient (Wildman–Crippen LogP) is 5.38. The molecule has 5 nitrogen and oxygen atoms in total. The molecule has 1 aliphatic carbocycles. The van der Waals surface area contributed by atoms with Crippen LogP contribution in [-0.4, -0.2) is 33.7 Å². The van der Waals surface area contributed by atoms with Gasteiger partial charge in [0.1, 0.15) is 17.5 Å². The van der Waals surface area contributed by atoms with Crippen LogP contribution in [0.15, 0.2) is 12.1 Å². The Morgan fingerprint density at radius 3 is 2.40 bits per heavy atom. The number of nitrogens with zero attached hydrogens (tertiary/aromatic N) is 2. The fourth-order valence-electron chi connectivity index (χ4n) is 3.64. The number of anilines is 1. The summed E-state index contributed by atoms with van der Waals surface area (Å²) >= 11 is 0. The minimum Gasteiger partial charge on any atom is -0.435 e. The highest BCUT2D eigenvalue weighted by Crippen LogP contribution is 2.45. The number of imidazole rings is 1. The number of aliphatic hydroxyl groups is 1. The molecule has 1 unspecified atom stereocenters. The number of benzene rings is 1. The van der Waals surface area contributed by atoms with Crippen LogP contribution in [0.1, 0.15) is 46.5 Å². The molecule has 3 rings (SSSR count). The van der Waals surface area contributed by atoms with Crippen molar-refractivity contribution in [3.05, 3.63) is 17.9 Å².